The molecule has 0 spiro atoms. The number of aromatic nitrogens is 1. The molecule has 7 nitrogen and oxygen atoms in total. The third kappa shape index (κ3) is 5.38. The summed E-state index contributed by atoms with van der Waals surface area (Å²) in [4.78, 5) is 27.9. The minimum Gasteiger partial charge on any atom is -0.360 e. The van der Waals surface area contributed by atoms with Gasteiger partial charge in [0.05, 0.1) is 10.5 Å². The topological polar surface area (TPSA) is 108 Å². The molecule has 1 heterocycles. The van der Waals surface area contributed by atoms with Crippen LogP contribution in [0.15, 0.2) is 82.6 Å². The lowest BCUT2D eigenvalue weighted by Gasteiger charge is -2.11. The molecular formula is C24H17F4N3O4S. The van der Waals surface area contributed by atoms with Crippen molar-refractivity contribution in [1.29, 1.82) is 0 Å². The van der Waals surface area contributed by atoms with Gasteiger partial charge in [0.1, 0.15) is 11.4 Å². The minimum absolute atomic E-state index is 0.0298. The quantitative estimate of drug-likeness (QED) is 0.328. The number of pyridine rings is 1. The number of carbonyl (C=O) groups excluding carboxylic acids is 1. The van der Waals surface area contributed by atoms with E-state index in [0.29, 0.717) is 5.56 Å². The van der Waals surface area contributed by atoms with Gasteiger partial charge in [-0.05, 0) is 60.2 Å². The average Bonchev–Trinajstić information content (AvgIpc) is 2.83. The maximum Gasteiger partial charge on any atom is 0.416 e. The number of nitrogens with one attached hydrogen (secondary N) is 3. The van der Waals surface area contributed by atoms with Gasteiger partial charge in [-0.3, -0.25) is 14.3 Å². The number of benzene rings is 3. The van der Waals surface area contributed by atoms with E-state index in [9.17, 15) is 35.6 Å². The van der Waals surface area contributed by atoms with Crippen molar-refractivity contribution in [1.82, 2.24) is 10.3 Å². The van der Waals surface area contributed by atoms with Crippen molar-refractivity contribution >= 4 is 32.5 Å². The van der Waals surface area contributed by atoms with Gasteiger partial charge in [0.2, 0.25) is 5.43 Å². The summed E-state index contributed by atoms with van der Waals surface area (Å²) in [5.74, 6) is -1.16. The molecule has 0 saturated heterocycles. The van der Waals surface area contributed by atoms with Crippen molar-refractivity contribution in [3.05, 3.63) is 106 Å². The van der Waals surface area contributed by atoms with Gasteiger partial charge in [0, 0.05) is 29.3 Å². The van der Waals surface area contributed by atoms with Gasteiger partial charge >= 0.3 is 6.18 Å². The summed E-state index contributed by atoms with van der Waals surface area (Å²) in [6.07, 6.45) is -3.38. The van der Waals surface area contributed by atoms with Crippen LogP contribution < -0.4 is 15.5 Å². The van der Waals surface area contributed by atoms with Crippen molar-refractivity contribution in [2.24, 2.45) is 0 Å². The zero-order valence-electron chi connectivity index (χ0n) is 18.2. The molecule has 0 aliphatic carbocycles. The molecule has 0 atom stereocenters. The molecule has 0 unspecified atom stereocenters. The lowest BCUT2D eigenvalue weighted by molar-refractivity contribution is -0.137. The molecule has 1 amide bonds. The Kier molecular flexibility index (Phi) is 6.55. The monoisotopic (exact) mass is 519 g/mol. The van der Waals surface area contributed by atoms with Gasteiger partial charge in [0.25, 0.3) is 15.9 Å². The maximum atomic E-state index is 13.0. The molecule has 0 fully saturated rings. The molecule has 0 radical (unpaired) electrons. The normalized spacial score (nSPS) is 11.9. The molecule has 4 aromatic rings. The number of carbonyl (C=O) groups is 1. The minimum atomic E-state index is -4.57. The highest BCUT2D eigenvalue weighted by molar-refractivity contribution is 7.92. The standard InChI is InChI=1S/C24H17F4N3O4S/c25-16-5-1-14(2-6-16)12-30-23(33)20-13-29-21-10-9-18(11-19(21)22(20)32)36(34,35)31-17-7-3-15(4-8-17)24(26,27)28/h1-11,13,31H,12H2,(H,29,32)(H,30,33). The highest BCUT2D eigenvalue weighted by atomic mass is 32.2. The Balaban J connectivity index is 1.58. The second-order valence-corrected chi connectivity index (χ2v) is 9.41. The fraction of sp³-hybridized carbons (Fsp3) is 0.0833. The van der Waals surface area contributed by atoms with E-state index < -0.39 is 38.9 Å². The Bertz CT molecular complexity index is 1600. The highest BCUT2D eigenvalue weighted by Crippen LogP contribution is 2.30. The lowest BCUT2D eigenvalue weighted by Crippen LogP contribution is -2.28. The number of hydrogen-bond donors (Lipinski definition) is 3. The number of fused-ring (bicyclic) bond motifs is 1. The van der Waals surface area contributed by atoms with Crippen molar-refractivity contribution in [2.45, 2.75) is 17.6 Å². The number of rotatable bonds is 6. The van der Waals surface area contributed by atoms with Gasteiger partial charge in [-0.15, -0.1) is 0 Å². The summed E-state index contributed by atoms with van der Waals surface area (Å²) in [7, 11) is -4.27. The van der Waals surface area contributed by atoms with Crippen LogP contribution in [0.1, 0.15) is 21.5 Å². The van der Waals surface area contributed by atoms with E-state index in [4.69, 9.17) is 0 Å². The number of aromatic amines is 1. The molecule has 186 valence electrons. The van der Waals surface area contributed by atoms with Crippen LogP contribution in [0.2, 0.25) is 0 Å². The SMILES string of the molecule is O=C(NCc1ccc(F)cc1)c1c[nH]c2ccc(S(=O)(=O)Nc3ccc(C(F)(F)F)cc3)cc2c1=O. The Morgan fingerprint density at radius 3 is 2.25 bits per heavy atom. The van der Waals surface area contributed by atoms with Crippen LogP contribution in [0.5, 0.6) is 0 Å². The number of anilines is 1. The molecule has 36 heavy (non-hydrogen) atoms. The number of alkyl halides is 3. The number of sulfonamides is 1. The first-order valence-electron chi connectivity index (χ1n) is 10.3. The summed E-state index contributed by atoms with van der Waals surface area (Å²) in [6, 6.07) is 12.4. The van der Waals surface area contributed by atoms with Crippen LogP contribution in [0.25, 0.3) is 10.9 Å². The number of amides is 1. The first kappa shape index (κ1) is 24.9. The predicted octanol–water partition coefficient (Wildman–Crippen LogP) is 4.42. The van der Waals surface area contributed by atoms with E-state index in [-0.39, 0.29) is 33.6 Å². The lowest BCUT2D eigenvalue weighted by atomic mass is 10.1. The Labute approximate surface area is 201 Å². The number of hydrogen-bond acceptors (Lipinski definition) is 4. The predicted molar refractivity (Wildman–Crippen MR) is 124 cm³/mol. The van der Waals surface area contributed by atoms with Gasteiger partial charge in [-0.2, -0.15) is 13.2 Å². The molecule has 1 aromatic heterocycles. The van der Waals surface area contributed by atoms with Gasteiger partial charge in [-0.25, -0.2) is 12.8 Å². The van der Waals surface area contributed by atoms with Crippen molar-refractivity contribution in [3.63, 3.8) is 0 Å². The Morgan fingerprint density at radius 2 is 1.61 bits per heavy atom. The second-order valence-electron chi connectivity index (χ2n) is 7.73. The number of halogens is 4. The Hall–Kier alpha value is -4.19. The maximum absolute atomic E-state index is 13.0. The molecule has 4 rings (SSSR count). The van der Waals surface area contributed by atoms with E-state index in [0.717, 1.165) is 30.3 Å². The summed E-state index contributed by atoms with van der Waals surface area (Å²) in [5.41, 5.74) is -1.17. The van der Waals surface area contributed by atoms with Crippen LogP contribution in [0.3, 0.4) is 0 Å². The second kappa shape index (κ2) is 9.46. The average molecular weight is 519 g/mol. The van der Waals surface area contributed by atoms with E-state index in [1.165, 1.54) is 42.6 Å². The fourth-order valence-corrected chi connectivity index (χ4v) is 4.44. The Morgan fingerprint density at radius 1 is 0.944 bits per heavy atom. The molecular weight excluding hydrogens is 502 g/mol. The molecule has 0 aliphatic heterocycles. The molecule has 0 saturated carbocycles. The van der Waals surface area contributed by atoms with Crippen LogP contribution in [0, 0.1) is 5.82 Å². The third-order valence-corrected chi connectivity index (χ3v) is 6.62. The van der Waals surface area contributed by atoms with Crippen LogP contribution in [-0.4, -0.2) is 19.3 Å². The zero-order chi connectivity index (χ0) is 26.1. The van der Waals surface area contributed by atoms with Crippen LogP contribution >= 0.6 is 0 Å². The summed E-state index contributed by atoms with van der Waals surface area (Å²) in [5, 5.41) is 2.46. The van der Waals surface area contributed by atoms with Crippen LogP contribution in [-0.2, 0) is 22.7 Å². The molecule has 0 bridgehead atoms. The summed E-state index contributed by atoms with van der Waals surface area (Å²) < 4.78 is 79.0. The highest BCUT2D eigenvalue weighted by Gasteiger charge is 2.30. The van der Waals surface area contributed by atoms with E-state index in [2.05, 4.69) is 15.0 Å². The van der Waals surface area contributed by atoms with Crippen molar-refractivity contribution in [2.75, 3.05) is 4.72 Å². The van der Waals surface area contributed by atoms with Gasteiger partial charge in [0.15, 0.2) is 0 Å². The van der Waals surface area contributed by atoms with E-state index >= 15 is 0 Å². The molecule has 3 N–H and O–H groups in total. The number of H-pyrrole nitrogens is 1. The van der Waals surface area contributed by atoms with E-state index in [1.54, 1.807) is 0 Å². The third-order valence-electron chi connectivity index (χ3n) is 5.24. The zero-order valence-corrected chi connectivity index (χ0v) is 19.0. The molecule has 3 aromatic carbocycles. The molecule has 0 aliphatic rings. The molecule has 12 heteroatoms. The van der Waals surface area contributed by atoms with Gasteiger partial charge in [-0.1, -0.05) is 12.1 Å². The largest absolute Gasteiger partial charge is 0.416 e. The first-order chi connectivity index (χ1) is 16.9. The van der Waals surface area contributed by atoms with E-state index in [1.807, 2.05) is 0 Å². The fourth-order valence-electron chi connectivity index (χ4n) is 3.35. The smallest absolute Gasteiger partial charge is 0.360 e. The first-order valence-corrected chi connectivity index (χ1v) is 11.8. The summed E-state index contributed by atoms with van der Waals surface area (Å²) >= 11 is 0. The van der Waals surface area contributed by atoms with Crippen molar-refractivity contribution in [3.8, 4) is 0 Å². The van der Waals surface area contributed by atoms with Gasteiger partial charge < -0.3 is 10.3 Å². The summed E-state index contributed by atoms with van der Waals surface area (Å²) in [6.45, 7) is 0.0298. The van der Waals surface area contributed by atoms with Crippen LogP contribution in [0.4, 0.5) is 23.2 Å². The van der Waals surface area contributed by atoms with Crippen molar-refractivity contribution < 1.29 is 30.8 Å².